The lowest BCUT2D eigenvalue weighted by Crippen LogP contribution is -2.23. The second-order valence-electron chi connectivity index (χ2n) is 8.93. The SMILES string of the molecule is CCCCCCCCCCOc1ccc(C(=O)Oc2ccc(C(=O)Oc3ccccc3C(=O)[O-])cc2)cc1. The molecule has 0 aliphatic carbocycles. The van der Waals surface area contributed by atoms with E-state index >= 15 is 0 Å². The summed E-state index contributed by atoms with van der Waals surface area (Å²) < 4.78 is 16.3. The van der Waals surface area contributed by atoms with Crippen molar-refractivity contribution >= 4 is 17.9 Å². The van der Waals surface area contributed by atoms with Crippen LogP contribution in [0.5, 0.6) is 17.2 Å². The lowest BCUT2D eigenvalue weighted by atomic mass is 10.1. The van der Waals surface area contributed by atoms with Crippen molar-refractivity contribution in [2.24, 2.45) is 0 Å². The third-order valence-electron chi connectivity index (χ3n) is 5.97. The Hall–Kier alpha value is -4.13. The second kappa shape index (κ2) is 15.2. The maximum absolute atomic E-state index is 12.5. The molecule has 38 heavy (non-hydrogen) atoms. The quantitative estimate of drug-likeness (QED) is 0.138. The molecule has 7 heteroatoms. The summed E-state index contributed by atoms with van der Waals surface area (Å²) in [6.07, 6.45) is 9.89. The van der Waals surface area contributed by atoms with Crippen LogP contribution >= 0.6 is 0 Å². The first-order chi connectivity index (χ1) is 18.5. The average molecular weight is 518 g/mol. The molecule has 0 spiro atoms. The first-order valence-electron chi connectivity index (χ1n) is 13.1. The summed E-state index contributed by atoms with van der Waals surface area (Å²) >= 11 is 0. The van der Waals surface area contributed by atoms with Crippen LogP contribution in [-0.2, 0) is 0 Å². The Kier molecular flexibility index (Phi) is 11.4. The number of esters is 2. The normalized spacial score (nSPS) is 10.6. The summed E-state index contributed by atoms with van der Waals surface area (Å²) in [6, 6.07) is 18.2. The third kappa shape index (κ3) is 9.07. The number of carboxylic acid groups (broad SMARTS) is 1. The van der Waals surface area contributed by atoms with Gasteiger partial charge in [-0.3, -0.25) is 0 Å². The maximum atomic E-state index is 12.5. The van der Waals surface area contributed by atoms with E-state index in [4.69, 9.17) is 14.2 Å². The minimum atomic E-state index is -1.45. The largest absolute Gasteiger partial charge is 0.545 e. The predicted octanol–water partition coefficient (Wildman–Crippen LogP) is 6.01. The van der Waals surface area contributed by atoms with Gasteiger partial charge in [0, 0.05) is 5.56 Å². The van der Waals surface area contributed by atoms with Gasteiger partial charge in [-0.2, -0.15) is 0 Å². The zero-order valence-electron chi connectivity index (χ0n) is 21.6. The van der Waals surface area contributed by atoms with Crippen molar-refractivity contribution in [1.82, 2.24) is 0 Å². The Balaban J connectivity index is 1.43. The van der Waals surface area contributed by atoms with Gasteiger partial charge in [-0.15, -0.1) is 0 Å². The topological polar surface area (TPSA) is 102 Å². The molecule has 0 saturated carbocycles. The van der Waals surface area contributed by atoms with Crippen molar-refractivity contribution in [2.45, 2.75) is 58.3 Å². The van der Waals surface area contributed by atoms with Crippen molar-refractivity contribution in [2.75, 3.05) is 6.61 Å². The Morgan fingerprint density at radius 1 is 0.632 bits per heavy atom. The van der Waals surface area contributed by atoms with Gasteiger partial charge in [0.05, 0.1) is 23.7 Å². The monoisotopic (exact) mass is 517 g/mol. The zero-order valence-corrected chi connectivity index (χ0v) is 21.6. The highest BCUT2D eigenvalue weighted by Crippen LogP contribution is 2.21. The standard InChI is InChI=1S/C31H34O7/c1-2-3-4-5-6-7-8-11-22-36-25-18-14-23(15-19-25)30(34)37-26-20-16-24(17-21-26)31(35)38-28-13-10-9-12-27(28)29(32)33/h9-10,12-21H,2-8,11,22H2,1H3,(H,32,33)/p-1. The van der Waals surface area contributed by atoms with Crippen molar-refractivity contribution in [3.63, 3.8) is 0 Å². The molecule has 0 amide bonds. The van der Waals surface area contributed by atoms with E-state index in [0.29, 0.717) is 17.9 Å². The number of hydrogen-bond donors (Lipinski definition) is 0. The molecule has 3 aromatic rings. The fourth-order valence-electron chi connectivity index (χ4n) is 3.82. The molecule has 0 heterocycles. The number of carboxylic acids is 1. The molecule has 0 saturated heterocycles. The van der Waals surface area contributed by atoms with Crippen LogP contribution in [0.2, 0.25) is 0 Å². The van der Waals surface area contributed by atoms with E-state index in [1.807, 2.05) is 0 Å². The van der Waals surface area contributed by atoms with Gasteiger partial charge in [-0.25, -0.2) is 9.59 Å². The number of carbonyl (C=O) groups excluding carboxylic acids is 3. The molecule has 3 aromatic carbocycles. The summed E-state index contributed by atoms with van der Waals surface area (Å²) in [4.78, 5) is 36.1. The smallest absolute Gasteiger partial charge is 0.343 e. The van der Waals surface area contributed by atoms with Gasteiger partial charge in [-0.05, 0) is 67.1 Å². The van der Waals surface area contributed by atoms with Crippen molar-refractivity contribution in [3.8, 4) is 17.2 Å². The van der Waals surface area contributed by atoms with Crippen LogP contribution < -0.4 is 19.3 Å². The van der Waals surface area contributed by atoms with E-state index in [0.717, 1.165) is 12.8 Å². The van der Waals surface area contributed by atoms with Gasteiger partial charge in [0.2, 0.25) is 0 Å². The molecule has 0 atom stereocenters. The Labute approximate surface area is 223 Å². The first kappa shape index (κ1) is 28.4. The van der Waals surface area contributed by atoms with Crippen molar-refractivity contribution in [1.29, 1.82) is 0 Å². The fourth-order valence-corrected chi connectivity index (χ4v) is 3.82. The number of rotatable bonds is 15. The number of benzene rings is 3. The van der Waals surface area contributed by atoms with E-state index in [2.05, 4.69) is 6.92 Å². The molecule has 0 radical (unpaired) electrons. The molecular formula is C31H33O7-. The van der Waals surface area contributed by atoms with Crippen LogP contribution in [0.4, 0.5) is 0 Å². The van der Waals surface area contributed by atoms with E-state index in [9.17, 15) is 19.5 Å². The van der Waals surface area contributed by atoms with Crippen LogP contribution in [0.1, 0.15) is 89.4 Å². The predicted molar refractivity (Wildman–Crippen MR) is 142 cm³/mol. The molecular weight excluding hydrogens is 484 g/mol. The Morgan fingerprint density at radius 2 is 1.16 bits per heavy atom. The molecule has 0 aliphatic rings. The number of aromatic carboxylic acids is 1. The number of hydrogen-bond acceptors (Lipinski definition) is 7. The number of carbonyl (C=O) groups is 3. The summed E-state index contributed by atoms with van der Waals surface area (Å²) in [5.74, 6) is -1.90. The maximum Gasteiger partial charge on any atom is 0.343 e. The van der Waals surface area contributed by atoms with E-state index in [1.54, 1.807) is 30.3 Å². The number of unbranched alkanes of at least 4 members (excludes halogenated alkanes) is 7. The van der Waals surface area contributed by atoms with Crippen molar-refractivity contribution in [3.05, 3.63) is 89.5 Å². The van der Waals surface area contributed by atoms with Crippen LogP contribution in [0.15, 0.2) is 72.8 Å². The molecule has 0 bridgehead atoms. The summed E-state index contributed by atoms with van der Waals surface area (Å²) in [7, 11) is 0. The minimum Gasteiger partial charge on any atom is -0.545 e. The van der Waals surface area contributed by atoms with Gasteiger partial charge < -0.3 is 24.1 Å². The summed E-state index contributed by atoms with van der Waals surface area (Å²) in [5, 5.41) is 11.2. The molecule has 0 unspecified atom stereocenters. The molecule has 0 fully saturated rings. The van der Waals surface area contributed by atoms with Gasteiger partial charge in [0.1, 0.15) is 17.2 Å². The average Bonchev–Trinajstić information content (AvgIpc) is 2.93. The number of para-hydroxylation sites is 1. The van der Waals surface area contributed by atoms with E-state index in [1.165, 1.54) is 81.0 Å². The highest BCUT2D eigenvalue weighted by molar-refractivity contribution is 5.95. The minimum absolute atomic E-state index is 0.113. The van der Waals surface area contributed by atoms with Gasteiger partial charge in [0.15, 0.2) is 0 Å². The molecule has 0 N–H and O–H groups in total. The first-order valence-corrected chi connectivity index (χ1v) is 13.1. The van der Waals surface area contributed by atoms with Gasteiger partial charge in [-0.1, -0.05) is 64.0 Å². The summed E-state index contributed by atoms with van der Waals surface area (Å²) in [6.45, 7) is 2.87. The fraction of sp³-hybridized carbons (Fsp3) is 0.323. The van der Waals surface area contributed by atoms with E-state index < -0.39 is 17.9 Å². The van der Waals surface area contributed by atoms with Crippen molar-refractivity contribution < 1.29 is 33.7 Å². The molecule has 7 nitrogen and oxygen atoms in total. The Bertz CT molecular complexity index is 1180. The highest BCUT2D eigenvalue weighted by Gasteiger charge is 2.14. The molecule has 3 rings (SSSR count). The second-order valence-corrected chi connectivity index (χ2v) is 8.93. The summed E-state index contributed by atoms with van der Waals surface area (Å²) in [5.41, 5.74) is 0.304. The van der Waals surface area contributed by atoms with Crippen LogP contribution in [0, 0.1) is 0 Å². The van der Waals surface area contributed by atoms with Gasteiger partial charge >= 0.3 is 11.9 Å². The zero-order chi connectivity index (χ0) is 27.2. The molecule has 0 aromatic heterocycles. The van der Waals surface area contributed by atoms with Crippen LogP contribution in [0.3, 0.4) is 0 Å². The lowest BCUT2D eigenvalue weighted by molar-refractivity contribution is -0.255. The number of ether oxygens (including phenoxy) is 3. The van der Waals surface area contributed by atoms with Crippen LogP contribution in [0.25, 0.3) is 0 Å². The third-order valence-corrected chi connectivity index (χ3v) is 5.97. The van der Waals surface area contributed by atoms with Crippen LogP contribution in [-0.4, -0.2) is 24.5 Å². The highest BCUT2D eigenvalue weighted by atomic mass is 16.5. The Morgan fingerprint density at radius 3 is 1.76 bits per heavy atom. The molecule has 0 aliphatic heterocycles. The van der Waals surface area contributed by atoms with Gasteiger partial charge in [0.25, 0.3) is 0 Å². The molecule has 200 valence electrons. The van der Waals surface area contributed by atoms with E-state index in [-0.39, 0.29) is 22.6 Å². The lowest BCUT2D eigenvalue weighted by Gasteiger charge is -2.11.